The number of guanidine groups is 1. The van der Waals surface area contributed by atoms with E-state index in [1.165, 1.54) is 38.9 Å². The van der Waals surface area contributed by atoms with Crippen LogP contribution in [0.5, 0.6) is 0 Å². The van der Waals surface area contributed by atoms with E-state index in [4.69, 9.17) is 9.73 Å². The summed E-state index contributed by atoms with van der Waals surface area (Å²) in [6, 6.07) is 0.509. The average molecular weight is 382 g/mol. The van der Waals surface area contributed by atoms with Crippen LogP contribution in [0.25, 0.3) is 0 Å². The molecular formula is C21H43N5O. The number of nitrogens with one attached hydrogen (secondary N) is 2. The molecule has 0 aromatic carbocycles. The van der Waals surface area contributed by atoms with Crippen molar-refractivity contribution in [3.63, 3.8) is 0 Å². The fourth-order valence-corrected chi connectivity index (χ4v) is 4.21. The number of morpholine rings is 1. The highest BCUT2D eigenvalue weighted by Crippen LogP contribution is 2.16. The van der Waals surface area contributed by atoms with Crippen molar-refractivity contribution in [2.45, 2.75) is 53.0 Å². The van der Waals surface area contributed by atoms with Crippen LogP contribution in [-0.4, -0.2) is 87.4 Å². The third kappa shape index (κ3) is 8.36. The molecule has 2 aliphatic rings. The third-order valence-corrected chi connectivity index (χ3v) is 5.72. The Hall–Kier alpha value is -0.850. The largest absolute Gasteiger partial charge is 0.379 e. The lowest BCUT2D eigenvalue weighted by Gasteiger charge is -2.35. The van der Waals surface area contributed by atoms with Gasteiger partial charge >= 0.3 is 0 Å². The zero-order valence-corrected chi connectivity index (χ0v) is 18.2. The van der Waals surface area contributed by atoms with Crippen LogP contribution in [0.15, 0.2) is 4.99 Å². The molecule has 2 fully saturated rings. The van der Waals surface area contributed by atoms with Crippen molar-refractivity contribution in [3.8, 4) is 0 Å². The highest BCUT2D eigenvalue weighted by molar-refractivity contribution is 5.79. The van der Waals surface area contributed by atoms with Gasteiger partial charge in [-0.1, -0.05) is 20.8 Å². The second kappa shape index (κ2) is 12.6. The number of nitrogens with zero attached hydrogens (tertiary/aromatic N) is 3. The minimum Gasteiger partial charge on any atom is -0.379 e. The first kappa shape index (κ1) is 22.4. The van der Waals surface area contributed by atoms with Gasteiger partial charge in [0.25, 0.3) is 0 Å². The first-order valence-electron chi connectivity index (χ1n) is 11.2. The van der Waals surface area contributed by atoms with Crippen LogP contribution >= 0.6 is 0 Å². The van der Waals surface area contributed by atoms with Crippen LogP contribution in [-0.2, 0) is 4.74 Å². The fraction of sp³-hybridized carbons (Fsp3) is 0.952. The van der Waals surface area contributed by atoms with Gasteiger partial charge in [0.15, 0.2) is 5.96 Å². The molecule has 6 heteroatoms. The van der Waals surface area contributed by atoms with Gasteiger partial charge in [0.2, 0.25) is 0 Å². The molecule has 2 atom stereocenters. The molecule has 0 saturated carbocycles. The molecule has 2 rings (SSSR count). The smallest absolute Gasteiger partial charge is 0.191 e. The molecule has 2 saturated heterocycles. The molecular weight excluding hydrogens is 338 g/mol. The summed E-state index contributed by atoms with van der Waals surface area (Å²) in [6.45, 7) is 19.2. The van der Waals surface area contributed by atoms with Gasteiger partial charge in [-0.25, -0.2) is 0 Å². The van der Waals surface area contributed by atoms with E-state index in [1.807, 2.05) is 0 Å². The summed E-state index contributed by atoms with van der Waals surface area (Å²) in [6.07, 6.45) is 3.84. The maximum Gasteiger partial charge on any atom is 0.191 e. The Bertz CT molecular complexity index is 423. The van der Waals surface area contributed by atoms with Crippen LogP contribution in [0.3, 0.4) is 0 Å². The summed E-state index contributed by atoms with van der Waals surface area (Å²) in [5.74, 6) is 2.40. The van der Waals surface area contributed by atoms with Crippen molar-refractivity contribution in [3.05, 3.63) is 0 Å². The summed E-state index contributed by atoms with van der Waals surface area (Å²) < 4.78 is 5.54. The molecule has 0 radical (unpaired) electrons. The Balaban J connectivity index is 1.88. The predicted molar refractivity (Wildman–Crippen MR) is 114 cm³/mol. The van der Waals surface area contributed by atoms with Crippen molar-refractivity contribution < 1.29 is 4.74 Å². The van der Waals surface area contributed by atoms with Gasteiger partial charge in [-0.2, -0.15) is 0 Å². The number of ether oxygens (including phenoxy) is 1. The van der Waals surface area contributed by atoms with E-state index in [0.717, 1.165) is 57.8 Å². The van der Waals surface area contributed by atoms with Crippen LogP contribution in [0.2, 0.25) is 0 Å². The zero-order chi connectivity index (χ0) is 19.5. The summed E-state index contributed by atoms with van der Waals surface area (Å²) in [4.78, 5) is 10.1. The van der Waals surface area contributed by atoms with E-state index in [2.05, 4.69) is 48.1 Å². The Labute approximate surface area is 167 Å². The van der Waals surface area contributed by atoms with Crippen molar-refractivity contribution >= 4 is 5.96 Å². The van der Waals surface area contributed by atoms with Gasteiger partial charge in [-0.05, 0) is 51.1 Å². The molecule has 0 aliphatic carbocycles. The second-order valence-electron chi connectivity index (χ2n) is 8.43. The summed E-state index contributed by atoms with van der Waals surface area (Å²) in [7, 11) is 0. The molecule has 0 aromatic heterocycles. The van der Waals surface area contributed by atoms with Crippen LogP contribution in [0.1, 0.15) is 47.0 Å². The monoisotopic (exact) mass is 381 g/mol. The number of rotatable bonds is 9. The highest BCUT2D eigenvalue weighted by Gasteiger charge is 2.22. The van der Waals surface area contributed by atoms with Gasteiger partial charge in [0, 0.05) is 38.8 Å². The van der Waals surface area contributed by atoms with Crippen molar-refractivity contribution in [2.75, 3.05) is 65.6 Å². The lowest BCUT2D eigenvalue weighted by molar-refractivity contribution is 0.0143. The molecule has 27 heavy (non-hydrogen) atoms. The molecule has 2 N–H and O–H groups in total. The number of piperidine rings is 1. The van der Waals surface area contributed by atoms with Gasteiger partial charge in [-0.3, -0.25) is 9.89 Å². The molecule has 158 valence electrons. The lowest BCUT2D eigenvalue weighted by atomic mass is 9.98. The van der Waals surface area contributed by atoms with E-state index < -0.39 is 0 Å². The average Bonchev–Trinajstić information content (AvgIpc) is 2.69. The Morgan fingerprint density at radius 3 is 2.59 bits per heavy atom. The fourth-order valence-electron chi connectivity index (χ4n) is 4.21. The van der Waals surface area contributed by atoms with Gasteiger partial charge in [0.1, 0.15) is 0 Å². The normalized spacial score (nSPS) is 24.2. The lowest BCUT2D eigenvalue weighted by Crippen LogP contribution is -2.47. The molecule has 2 heterocycles. The molecule has 0 bridgehead atoms. The van der Waals surface area contributed by atoms with E-state index in [-0.39, 0.29) is 0 Å². The van der Waals surface area contributed by atoms with Crippen molar-refractivity contribution in [1.82, 2.24) is 20.4 Å². The first-order chi connectivity index (χ1) is 13.1. The Morgan fingerprint density at radius 1 is 1.15 bits per heavy atom. The van der Waals surface area contributed by atoms with E-state index in [0.29, 0.717) is 12.0 Å². The standard InChI is InChI=1S/C21H43N5O/c1-5-22-21(23-15-19-8-7-9-25(6-2)17-19)24-16-20(14-18(3)4)26-10-12-27-13-11-26/h18-20H,5-17H2,1-4H3,(H2,22,23,24). The van der Waals surface area contributed by atoms with Gasteiger partial charge in [-0.15, -0.1) is 0 Å². The number of aliphatic imine (C=N–C) groups is 1. The third-order valence-electron chi connectivity index (χ3n) is 5.72. The molecule has 0 aromatic rings. The van der Waals surface area contributed by atoms with Crippen molar-refractivity contribution in [2.24, 2.45) is 16.8 Å². The number of likely N-dealkylation sites (tertiary alicyclic amines) is 1. The second-order valence-corrected chi connectivity index (χ2v) is 8.43. The minimum atomic E-state index is 0.509. The van der Waals surface area contributed by atoms with Crippen molar-refractivity contribution in [1.29, 1.82) is 0 Å². The molecule has 2 aliphatic heterocycles. The topological polar surface area (TPSA) is 52.1 Å². The highest BCUT2D eigenvalue weighted by atomic mass is 16.5. The summed E-state index contributed by atoms with van der Waals surface area (Å²) in [5, 5.41) is 7.06. The van der Waals surface area contributed by atoms with E-state index in [9.17, 15) is 0 Å². The minimum absolute atomic E-state index is 0.509. The zero-order valence-electron chi connectivity index (χ0n) is 18.2. The van der Waals surface area contributed by atoms with Gasteiger partial charge in [0.05, 0.1) is 19.8 Å². The predicted octanol–water partition coefficient (Wildman–Crippen LogP) is 2.02. The van der Waals surface area contributed by atoms with Crippen LogP contribution < -0.4 is 10.6 Å². The molecule has 0 spiro atoms. The molecule has 2 unspecified atom stereocenters. The van der Waals surface area contributed by atoms with Gasteiger partial charge < -0.3 is 20.3 Å². The Morgan fingerprint density at radius 2 is 1.93 bits per heavy atom. The Kier molecular flexibility index (Phi) is 10.5. The maximum absolute atomic E-state index is 5.54. The van der Waals surface area contributed by atoms with E-state index in [1.54, 1.807) is 0 Å². The van der Waals surface area contributed by atoms with Crippen LogP contribution in [0, 0.1) is 11.8 Å². The van der Waals surface area contributed by atoms with Crippen LogP contribution in [0.4, 0.5) is 0 Å². The quantitative estimate of drug-likeness (QED) is 0.473. The maximum atomic E-state index is 5.54. The summed E-state index contributed by atoms with van der Waals surface area (Å²) in [5.41, 5.74) is 0. The molecule has 6 nitrogen and oxygen atoms in total. The number of hydrogen-bond donors (Lipinski definition) is 2. The van der Waals surface area contributed by atoms with E-state index >= 15 is 0 Å². The SMILES string of the molecule is CCNC(=NCC(CC(C)C)N1CCOCC1)NCC1CCCN(CC)C1. The molecule has 0 amide bonds. The number of hydrogen-bond acceptors (Lipinski definition) is 4. The summed E-state index contributed by atoms with van der Waals surface area (Å²) >= 11 is 0. The first-order valence-corrected chi connectivity index (χ1v) is 11.2.